The highest BCUT2D eigenvalue weighted by molar-refractivity contribution is 7.89. The summed E-state index contributed by atoms with van der Waals surface area (Å²) in [6.07, 6.45) is 7.85. The molecule has 3 aromatic rings. The van der Waals surface area contributed by atoms with Crippen molar-refractivity contribution in [2.75, 3.05) is 6.26 Å². The Bertz CT molecular complexity index is 6260. The Morgan fingerprint density at radius 3 is 0.774 bits per heavy atom. The van der Waals surface area contributed by atoms with Crippen molar-refractivity contribution in [3.63, 3.8) is 0 Å². The fraction of sp³-hybridized carbons (Fsp3) is 0.0341. The molecule has 0 aliphatic rings. The first-order valence-corrected chi connectivity index (χ1v) is 26.6. The van der Waals surface area contributed by atoms with Gasteiger partial charge in [0.2, 0.25) is 0 Å². The number of nitrogens with zero attached hydrogens (tertiary/aromatic N) is 1. The fourth-order valence-electron chi connectivity index (χ4n) is 4.52. The maximum atomic E-state index is 11.4. The third kappa shape index (κ3) is 46.3. The minimum absolute atomic E-state index is 0.0530. The molecular formula is C88H18N2O2S. The van der Waals surface area contributed by atoms with Gasteiger partial charge in [0, 0.05) is 332 Å². The van der Waals surface area contributed by atoms with Crippen LogP contribution in [0.1, 0.15) is 12.5 Å². The molecule has 3 rings (SSSR count). The Morgan fingerprint density at radius 2 is 0.548 bits per heavy atom. The van der Waals surface area contributed by atoms with Crippen LogP contribution in [0.15, 0.2) is 48.8 Å². The van der Waals surface area contributed by atoms with Crippen LogP contribution in [0.25, 0.3) is 22.2 Å². The zero-order valence-corrected chi connectivity index (χ0v) is 48.9. The highest BCUT2D eigenvalue weighted by Gasteiger charge is 2.09. The van der Waals surface area contributed by atoms with Gasteiger partial charge in [0.05, 0.1) is 23.1 Å². The average molecular weight is 1170 g/mol. The van der Waals surface area contributed by atoms with Crippen molar-refractivity contribution >= 4 is 20.9 Å². The topological polar surface area (TPSA) is 62.8 Å². The molecule has 0 aliphatic carbocycles. The van der Waals surface area contributed by atoms with Gasteiger partial charge in [-0.3, -0.25) is 0 Å². The van der Waals surface area contributed by atoms with Crippen molar-refractivity contribution < 1.29 is 8.42 Å². The summed E-state index contributed by atoms with van der Waals surface area (Å²) in [6.45, 7) is 1.68. The van der Waals surface area contributed by atoms with Gasteiger partial charge in [0.15, 0.2) is 9.84 Å². The minimum atomic E-state index is -3.03. The van der Waals surface area contributed by atoms with Crippen LogP contribution >= 0.6 is 0 Å². The molecule has 1 N–H and O–H groups in total. The van der Waals surface area contributed by atoms with Crippen LogP contribution in [0.4, 0.5) is 0 Å². The van der Waals surface area contributed by atoms with E-state index in [4.69, 9.17) is 6.42 Å². The van der Waals surface area contributed by atoms with Crippen LogP contribution in [0, 0.1) is 427 Å². The van der Waals surface area contributed by atoms with E-state index in [-0.39, 0.29) is 5.75 Å². The monoisotopic (exact) mass is 1170 g/mol. The second-order valence-electron chi connectivity index (χ2n) is 13.9. The maximum absolute atomic E-state index is 11.4. The number of aromatic amines is 1. The number of hydrogen-bond acceptors (Lipinski definition) is 3. The molecule has 0 spiro atoms. The predicted molar refractivity (Wildman–Crippen MR) is 367 cm³/mol. The molecule has 2 aromatic carbocycles. The van der Waals surface area contributed by atoms with E-state index in [1.54, 1.807) is 13.3 Å². The van der Waals surface area contributed by atoms with Crippen LogP contribution in [0.3, 0.4) is 0 Å². The molecule has 0 saturated heterocycles. The number of hydrogen-bond donors (Lipinski definition) is 1. The summed E-state index contributed by atoms with van der Waals surface area (Å²) in [4.78, 5) is 7.40. The number of terminal acetylenes is 1. The molecule has 0 fully saturated rings. The lowest BCUT2D eigenvalue weighted by molar-refractivity contribution is 0.601. The predicted octanol–water partition coefficient (Wildman–Crippen LogP) is 3.53. The number of imidazole rings is 1. The molecule has 0 saturated carbocycles. The third-order valence-corrected chi connectivity index (χ3v) is 8.42. The third-order valence-electron chi connectivity index (χ3n) is 7.56. The van der Waals surface area contributed by atoms with Gasteiger partial charge in [-0.05, 0) is 119 Å². The van der Waals surface area contributed by atoms with E-state index in [1.165, 1.54) is 6.26 Å². The van der Waals surface area contributed by atoms with Gasteiger partial charge in [-0.1, -0.05) is 42.3 Å². The summed E-state index contributed by atoms with van der Waals surface area (Å²) in [5.74, 6) is 177. The summed E-state index contributed by atoms with van der Waals surface area (Å²) in [7, 11) is -3.03. The van der Waals surface area contributed by atoms with Crippen molar-refractivity contribution in [2.24, 2.45) is 0 Å². The first-order chi connectivity index (χ1) is 45.9. The van der Waals surface area contributed by atoms with Gasteiger partial charge in [-0.15, -0.1) is 6.42 Å². The van der Waals surface area contributed by atoms with Gasteiger partial charge in [-0.2, -0.15) is 0 Å². The van der Waals surface area contributed by atoms with Crippen molar-refractivity contribution in [1.82, 2.24) is 9.97 Å². The standard InChI is InChI=1S/C73H4.C15H14N2O2S/c1-3-5-7-9-11-13-15-17-19-21-23-25-27-29-31-33-35-37-39-41-43-45-47-49-51-53-55-57-59-61-63-65-67-69-71-73-72-70-68-66-64-62-60-58-56-54-52-50-48-46-44-42-40-38-36-34-32-30-28-26-24-22-20-18-16-14-12-10-8-6-4-2;1-20(18,19)9-11-4-2-5-12(8-11)13-6-3-7-14-15(13)17-10-16-14/h1H,2H3;2-8,10H,9H2,1H3,(H,16,17). The van der Waals surface area contributed by atoms with E-state index >= 15 is 0 Å². The lowest BCUT2D eigenvalue weighted by Gasteiger charge is -2.06. The molecule has 93 heavy (non-hydrogen) atoms. The second kappa shape index (κ2) is 54.6. The molecule has 1 aromatic heterocycles. The quantitative estimate of drug-likeness (QED) is 0.409. The molecule has 0 amide bonds. The van der Waals surface area contributed by atoms with Crippen molar-refractivity contribution in [2.45, 2.75) is 12.7 Å². The van der Waals surface area contributed by atoms with Gasteiger partial charge in [0.25, 0.3) is 0 Å². The molecule has 0 radical (unpaired) electrons. The smallest absolute Gasteiger partial charge is 0.151 e. The minimum Gasteiger partial charge on any atom is -0.345 e. The highest BCUT2D eigenvalue weighted by atomic mass is 32.2. The Balaban J connectivity index is 0.00000122. The Labute approximate surface area is 547 Å². The van der Waals surface area contributed by atoms with Gasteiger partial charge < -0.3 is 4.98 Å². The summed E-state index contributed by atoms with van der Waals surface area (Å²) < 4.78 is 22.8. The first-order valence-electron chi connectivity index (χ1n) is 24.5. The SMILES string of the molecule is C#CC#CC#CC#CC#CC#CC#CC#CC#CC#CC#CC#CC#CC#CC#CC#CC#CC#CC#CC#CC#CC#CC#CC#CC#CC#CC#CC#CC#CC#CC#CC#CC#CC#CC#CC#CC.CS(=O)(=O)Cc1cccc(-c2cccc3[nH]cnc23)c1. The van der Waals surface area contributed by atoms with Crippen LogP contribution in [0.2, 0.25) is 0 Å². The summed E-state index contributed by atoms with van der Waals surface area (Å²) in [5.41, 5.74) is 4.63. The normalized spacial score (nSPS) is 5.65. The molecule has 5 heteroatoms. The molecule has 0 bridgehead atoms. The van der Waals surface area contributed by atoms with E-state index in [9.17, 15) is 8.42 Å². The second-order valence-corrected chi connectivity index (χ2v) is 16.0. The number of para-hydroxylation sites is 1. The number of fused-ring (bicyclic) bond motifs is 1. The lowest BCUT2D eigenvalue weighted by atomic mass is 10.0. The average Bonchev–Trinajstić information content (AvgIpc) is 1.79. The van der Waals surface area contributed by atoms with E-state index in [2.05, 4.69) is 430 Å². The van der Waals surface area contributed by atoms with E-state index in [1.807, 2.05) is 42.5 Å². The van der Waals surface area contributed by atoms with Crippen molar-refractivity contribution in [1.29, 1.82) is 0 Å². The molecular weight excluding hydrogens is 1150 g/mol. The Morgan fingerprint density at radius 1 is 0.323 bits per heavy atom. The van der Waals surface area contributed by atoms with E-state index < -0.39 is 9.84 Å². The molecule has 398 valence electrons. The number of H-pyrrole nitrogens is 1. The number of sulfone groups is 1. The van der Waals surface area contributed by atoms with Crippen LogP contribution < -0.4 is 0 Å². The van der Waals surface area contributed by atoms with Crippen LogP contribution in [-0.4, -0.2) is 24.6 Å². The first kappa shape index (κ1) is 71.1. The molecule has 1 heterocycles. The lowest BCUT2D eigenvalue weighted by Crippen LogP contribution is -2.00. The number of benzene rings is 2. The molecule has 0 aliphatic heterocycles. The summed E-state index contributed by atoms with van der Waals surface area (Å²) >= 11 is 0. The molecule has 0 unspecified atom stereocenters. The van der Waals surface area contributed by atoms with Gasteiger partial charge >= 0.3 is 0 Å². The largest absolute Gasteiger partial charge is 0.345 e. The Hall–Kier alpha value is -18.0. The van der Waals surface area contributed by atoms with Crippen molar-refractivity contribution in [3.05, 3.63) is 54.4 Å². The molecule has 4 nitrogen and oxygen atoms in total. The van der Waals surface area contributed by atoms with E-state index in [0.29, 0.717) is 0 Å². The van der Waals surface area contributed by atoms with Gasteiger partial charge in [0.1, 0.15) is 0 Å². The van der Waals surface area contributed by atoms with E-state index in [0.717, 1.165) is 27.7 Å². The number of rotatable bonds is 3. The number of aromatic nitrogens is 2. The van der Waals surface area contributed by atoms with Crippen LogP contribution in [-0.2, 0) is 15.6 Å². The number of nitrogens with one attached hydrogen (secondary N) is 1. The van der Waals surface area contributed by atoms with Gasteiger partial charge in [-0.25, -0.2) is 13.4 Å². The van der Waals surface area contributed by atoms with Crippen LogP contribution in [0.5, 0.6) is 0 Å². The summed E-state index contributed by atoms with van der Waals surface area (Å²) in [5, 5.41) is 0. The zero-order chi connectivity index (χ0) is 66.4. The summed E-state index contributed by atoms with van der Waals surface area (Å²) in [6, 6.07) is 13.5. The highest BCUT2D eigenvalue weighted by Crippen LogP contribution is 2.27. The zero-order valence-electron chi connectivity index (χ0n) is 48.1. The van der Waals surface area contributed by atoms with Crippen molar-refractivity contribution in [3.8, 4) is 438 Å². The maximum Gasteiger partial charge on any atom is 0.151 e. The fourth-order valence-corrected chi connectivity index (χ4v) is 5.31. The Kier molecular flexibility index (Phi) is 41.8. The molecule has 0 atom stereocenters.